The molecule has 36 heavy (non-hydrogen) atoms. The van der Waals surface area contributed by atoms with Gasteiger partial charge in [-0.05, 0) is 54.0 Å². The molecule has 1 aliphatic rings. The molecular weight excluding hydrogens is 494 g/mol. The fourth-order valence-electron chi connectivity index (χ4n) is 4.54. The summed E-state index contributed by atoms with van der Waals surface area (Å²) >= 11 is 7.87. The van der Waals surface area contributed by atoms with E-state index in [9.17, 15) is 4.79 Å². The van der Waals surface area contributed by atoms with Crippen molar-refractivity contribution in [1.29, 1.82) is 0 Å². The van der Waals surface area contributed by atoms with E-state index in [4.69, 9.17) is 21.5 Å². The maximum atomic E-state index is 12.6. The van der Waals surface area contributed by atoms with E-state index in [2.05, 4.69) is 40.8 Å². The molecule has 0 radical (unpaired) electrons. The van der Waals surface area contributed by atoms with Gasteiger partial charge in [0.1, 0.15) is 5.69 Å². The Kier molecular flexibility index (Phi) is 8.44. The average molecular weight is 524 g/mol. The fourth-order valence-corrected chi connectivity index (χ4v) is 5.80. The normalized spacial score (nSPS) is 13.8. The Morgan fingerprint density at radius 2 is 1.81 bits per heavy atom. The zero-order valence-electron chi connectivity index (χ0n) is 20.5. The number of aryl methyl sites for hydroxylation is 1. The Morgan fingerprint density at radius 3 is 2.44 bits per heavy atom. The standard InChI is InChI=1S/C26H26ClN3OS.C2H4O2/c1-17-6-5-9-22(27)21(17)14-28-25(31)23-15-30-16-24(32-26(30)29-23)20-12-10-19(11-13-20)18-7-3-2-4-8-18;1-2(3)4/h5-6,9-13,15-16,18H,2-4,7-8,14H2,1H3,(H,28,31);1H3,(H,3,4). The van der Waals surface area contributed by atoms with Gasteiger partial charge in [0.25, 0.3) is 11.9 Å². The highest BCUT2D eigenvalue weighted by Gasteiger charge is 2.17. The summed E-state index contributed by atoms with van der Waals surface area (Å²) in [5.41, 5.74) is 5.06. The minimum absolute atomic E-state index is 0.196. The lowest BCUT2D eigenvalue weighted by Gasteiger charge is -2.22. The summed E-state index contributed by atoms with van der Waals surface area (Å²) in [7, 11) is 0. The number of aromatic nitrogens is 2. The van der Waals surface area contributed by atoms with Crippen molar-refractivity contribution in [2.45, 2.75) is 58.4 Å². The molecular formula is C28H30ClN3O3S. The molecule has 2 N–H and O–H groups in total. The van der Waals surface area contributed by atoms with Crippen LogP contribution >= 0.6 is 22.9 Å². The highest BCUT2D eigenvalue weighted by molar-refractivity contribution is 7.20. The summed E-state index contributed by atoms with van der Waals surface area (Å²) in [5, 5.41) is 11.0. The van der Waals surface area contributed by atoms with Gasteiger partial charge in [0.15, 0.2) is 4.96 Å². The van der Waals surface area contributed by atoms with Crippen molar-refractivity contribution in [3.63, 3.8) is 0 Å². The van der Waals surface area contributed by atoms with E-state index in [0.717, 1.165) is 27.9 Å². The molecule has 0 atom stereocenters. The number of rotatable bonds is 5. The number of carbonyl (C=O) groups excluding carboxylic acids is 1. The molecule has 4 aromatic rings. The monoisotopic (exact) mass is 523 g/mol. The molecule has 1 aliphatic carbocycles. The van der Waals surface area contributed by atoms with Gasteiger partial charge >= 0.3 is 0 Å². The van der Waals surface area contributed by atoms with E-state index in [1.165, 1.54) is 43.2 Å². The Balaban J connectivity index is 0.000000709. The van der Waals surface area contributed by atoms with Crippen LogP contribution in [0.5, 0.6) is 0 Å². The number of thiazole rings is 1. The Bertz CT molecular complexity index is 1300. The number of hydrogen-bond acceptors (Lipinski definition) is 4. The molecule has 0 unspecified atom stereocenters. The average Bonchev–Trinajstić information content (AvgIpc) is 3.44. The quantitative estimate of drug-likeness (QED) is 0.292. The SMILES string of the molecule is CC(=O)O.Cc1cccc(Cl)c1CNC(=O)c1cn2cc(-c3ccc(C4CCCCC4)cc3)sc2n1. The summed E-state index contributed by atoms with van der Waals surface area (Å²) in [6.45, 7) is 3.46. The summed E-state index contributed by atoms with van der Waals surface area (Å²) < 4.78 is 1.94. The molecule has 188 valence electrons. The molecule has 1 amide bonds. The van der Waals surface area contributed by atoms with Crippen LogP contribution in [-0.4, -0.2) is 26.4 Å². The van der Waals surface area contributed by atoms with E-state index in [-0.39, 0.29) is 5.91 Å². The van der Waals surface area contributed by atoms with Crippen LogP contribution in [0.15, 0.2) is 54.9 Å². The predicted octanol–water partition coefficient (Wildman–Crippen LogP) is 7.09. The number of benzene rings is 2. The Hall–Kier alpha value is -3.16. The summed E-state index contributed by atoms with van der Waals surface area (Å²) in [6.07, 6.45) is 10.5. The predicted molar refractivity (Wildman–Crippen MR) is 145 cm³/mol. The highest BCUT2D eigenvalue weighted by Crippen LogP contribution is 2.35. The molecule has 0 spiro atoms. The lowest BCUT2D eigenvalue weighted by Crippen LogP contribution is -2.23. The smallest absolute Gasteiger partial charge is 0.300 e. The van der Waals surface area contributed by atoms with Crippen LogP contribution in [0.4, 0.5) is 0 Å². The third-order valence-electron chi connectivity index (χ3n) is 6.44. The van der Waals surface area contributed by atoms with Crippen molar-refractivity contribution in [3.8, 4) is 10.4 Å². The molecule has 2 aromatic heterocycles. The van der Waals surface area contributed by atoms with E-state index in [0.29, 0.717) is 23.2 Å². The molecule has 5 rings (SSSR count). The molecule has 2 heterocycles. The topological polar surface area (TPSA) is 83.7 Å². The van der Waals surface area contributed by atoms with Gasteiger partial charge < -0.3 is 10.4 Å². The van der Waals surface area contributed by atoms with Crippen LogP contribution < -0.4 is 5.32 Å². The van der Waals surface area contributed by atoms with E-state index < -0.39 is 5.97 Å². The molecule has 2 aromatic carbocycles. The third kappa shape index (κ3) is 6.33. The minimum Gasteiger partial charge on any atom is -0.481 e. The van der Waals surface area contributed by atoms with Crippen LogP contribution in [0.3, 0.4) is 0 Å². The van der Waals surface area contributed by atoms with Gasteiger partial charge in [0.05, 0.1) is 4.88 Å². The molecule has 0 bridgehead atoms. The lowest BCUT2D eigenvalue weighted by molar-refractivity contribution is -0.134. The summed E-state index contributed by atoms with van der Waals surface area (Å²) in [5.74, 6) is -0.312. The van der Waals surface area contributed by atoms with Crippen molar-refractivity contribution in [2.24, 2.45) is 0 Å². The first kappa shape index (κ1) is 25.9. The van der Waals surface area contributed by atoms with Crippen molar-refractivity contribution < 1.29 is 14.7 Å². The number of carboxylic acids is 1. The Morgan fingerprint density at radius 1 is 1.11 bits per heavy atom. The third-order valence-corrected chi connectivity index (χ3v) is 7.84. The maximum Gasteiger partial charge on any atom is 0.300 e. The maximum absolute atomic E-state index is 12.6. The van der Waals surface area contributed by atoms with Crippen molar-refractivity contribution in [3.05, 3.63) is 82.3 Å². The van der Waals surface area contributed by atoms with Gasteiger partial charge in [0.2, 0.25) is 0 Å². The van der Waals surface area contributed by atoms with Gasteiger partial charge in [0, 0.05) is 30.9 Å². The molecule has 1 saturated carbocycles. The van der Waals surface area contributed by atoms with Crippen molar-refractivity contribution >= 4 is 39.8 Å². The van der Waals surface area contributed by atoms with Crippen LogP contribution in [0.2, 0.25) is 5.02 Å². The van der Waals surface area contributed by atoms with Crippen LogP contribution in [0, 0.1) is 6.92 Å². The molecule has 8 heteroatoms. The molecule has 0 saturated heterocycles. The summed E-state index contributed by atoms with van der Waals surface area (Å²) in [4.78, 5) is 28.1. The number of hydrogen-bond donors (Lipinski definition) is 2. The van der Waals surface area contributed by atoms with Crippen LogP contribution in [-0.2, 0) is 11.3 Å². The van der Waals surface area contributed by atoms with Crippen molar-refractivity contribution in [2.75, 3.05) is 0 Å². The first-order valence-electron chi connectivity index (χ1n) is 12.1. The van der Waals surface area contributed by atoms with Crippen LogP contribution in [0.25, 0.3) is 15.4 Å². The van der Waals surface area contributed by atoms with Crippen LogP contribution in [0.1, 0.15) is 72.1 Å². The fraction of sp³-hybridized carbons (Fsp3) is 0.321. The van der Waals surface area contributed by atoms with Crippen molar-refractivity contribution in [1.82, 2.24) is 14.7 Å². The number of imidazole rings is 1. The Labute approximate surface area is 220 Å². The van der Waals surface area contributed by atoms with Gasteiger partial charge in [-0.2, -0.15) is 0 Å². The molecule has 6 nitrogen and oxygen atoms in total. The number of amides is 1. The first-order chi connectivity index (χ1) is 17.3. The summed E-state index contributed by atoms with van der Waals surface area (Å²) in [6, 6.07) is 14.7. The van der Waals surface area contributed by atoms with Gasteiger partial charge in [-0.3, -0.25) is 14.0 Å². The zero-order chi connectivity index (χ0) is 25.7. The lowest BCUT2D eigenvalue weighted by atomic mass is 9.84. The van der Waals surface area contributed by atoms with Gasteiger partial charge in [-0.1, -0.05) is 78.6 Å². The number of carbonyl (C=O) groups is 2. The largest absolute Gasteiger partial charge is 0.481 e. The zero-order valence-corrected chi connectivity index (χ0v) is 22.0. The van der Waals surface area contributed by atoms with Gasteiger partial charge in [-0.15, -0.1) is 0 Å². The second-order valence-corrected chi connectivity index (χ2v) is 10.5. The number of fused-ring (bicyclic) bond motifs is 1. The molecule has 1 fully saturated rings. The number of nitrogens with one attached hydrogen (secondary N) is 1. The number of halogens is 1. The highest BCUT2D eigenvalue weighted by atomic mass is 35.5. The van der Waals surface area contributed by atoms with Gasteiger partial charge in [-0.25, -0.2) is 4.98 Å². The minimum atomic E-state index is -0.833. The number of carboxylic acid groups (broad SMARTS) is 1. The van der Waals surface area contributed by atoms with E-state index in [1.54, 1.807) is 17.5 Å². The first-order valence-corrected chi connectivity index (χ1v) is 13.3. The van der Waals surface area contributed by atoms with E-state index >= 15 is 0 Å². The molecule has 0 aliphatic heterocycles. The second kappa shape index (κ2) is 11.7. The van der Waals surface area contributed by atoms with E-state index in [1.807, 2.05) is 29.5 Å². The number of nitrogens with zero attached hydrogens (tertiary/aromatic N) is 2. The second-order valence-electron chi connectivity index (χ2n) is 9.11. The number of aliphatic carboxylic acids is 1.